The summed E-state index contributed by atoms with van der Waals surface area (Å²) < 4.78 is 0. The van der Waals surface area contributed by atoms with E-state index in [1.54, 1.807) is 6.07 Å². The van der Waals surface area contributed by atoms with Gasteiger partial charge in [-0.1, -0.05) is 50.1 Å². The van der Waals surface area contributed by atoms with Gasteiger partial charge in [0.05, 0.1) is 0 Å². The Morgan fingerprint density at radius 1 is 1.20 bits per heavy atom. The summed E-state index contributed by atoms with van der Waals surface area (Å²) in [4.78, 5) is 8.85. The van der Waals surface area contributed by atoms with E-state index in [1.165, 1.54) is 12.8 Å². The van der Waals surface area contributed by atoms with Crippen molar-refractivity contribution >= 4 is 11.6 Å². The van der Waals surface area contributed by atoms with Gasteiger partial charge >= 0.3 is 0 Å². The highest BCUT2D eigenvalue weighted by Gasteiger charge is 2.07. The van der Waals surface area contributed by atoms with Crippen molar-refractivity contribution in [2.75, 3.05) is 11.1 Å². The Hall–Kier alpha value is -2.10. The van der Waals surface area contributed by atoms with Crippen LogP contribution in [0, 0.1) is 0 Å². The molecule has 106 valence electrons. The van der Waals surface area contributed by atoms with Crippen LogP contribution in [-0.4, -0.2) is 16.0 Å². The Morgan fingerprint density at radius 3 is 2.65 bits per heavy atom. The van der Waals surface area contributed by atoms with Crippen molar-refractivity contribution in [3.63, 3.8) is 0 Å². The van der Waals surface area contributed by atoms with Gasteiger partial charge in [-0.2, -0.15) is 0 Å². The lowest BCUT2D eigenvalue weighted by Gasteiger charge is -2.15. The Morgan fingerprint density at radius 2 is 1.95 bits per heavy atom. The molecule has 0 bridgehead atoms. The number of anilines is 2. The zero-order valence-corrected chi connectivity index (χ0v) is 12.1. The van der Waals surface area contributed by atoms with E-state index in [0.29, 0.717) is 17.7 Å². The predicted octanol–water partition coefficient (Wildman–Crippen LogP) is 3.72. The topological polar surface area (TPSA) is 63.8 Å². The van der Waals surface area contributed by atoms with Gasteiger partial charge in [0.25, 0.3) is 0 Å². The third-order valence-electron chi connectivity index (χ3n) is 3.16. The molecule has 0 amide bonds. The maximum atomic E-state index is 5.88. The molecule has 0 saturated carbocycles. The third-order valence-corrected chi connectivity index (χ3v) is 3.16. The molecular weight excluding hydrogens is 248 g/mol. The van der Waals surface area contributed by atoms with Crippen molar-refractivity contribution in [2.24, 2.45) is 0 Å². The summed E-state index contributed by atoms with van der Waals surface area (Å²) in [6.07, 6.45) is 3.54. The van der Waals surface area contributed by atoms with E-state index < -0.39 is 0 Å². The van der Waals surface area contributed by atoms with Crippen molar-refractivity contribution in [3.8, 4) is 11.4 Å². The number of nitrogens with zero attached hydrogens (tertiary/aromatic N) is 2. The van der Waals surface area contributed by atoms with E-state index in [1.807, 2.05) is 30.3 Å². The van der Waals surface area contributed by atoms with E-state index in [-0.39, 0.29) is 0 Å². The Bertz CT molecular complexity index is 539. The third kappa shape index (κ3) is 3.95. The molecule has 3 N–H and O–H groups in total. The van der Waals surface area contributed by atoms with Gasteiger partial charge in [0.1, 0.15) is 11.6 Å². The molecule has 4 heteroatoms. The number of nitrogens with two attached hydrogens (primary N) is 1. The van der Waals surface area contributed by atoms with Crippen LogP contribution in [0.2, 0.25) is 0 Å². The first-order valence-corrected chi connectivity index (χ1v) is 7.15. The summed E-state index contributed by atoms with van der Waals surface area (Å²) in [6, 6.07) is 12.1. The van der Waals surface area contributed by atoms with Gasteiger partial charge in [-0.15, -0.1) is 0 Å². The van der Waals surface area contributed by atoms with Gasteiger partial charge < -0.3 is 11.1 Å². The second-order valence-corrected chi connectivity index (χ2v) is 5.06. The number of benzene rings is 1. The van der Waals surface area contributed by atoms with Crippen LogP contribution in [0.4, 0.5) is 11.6 Å². The van der Waals surface area contributed by atoms with Crippen LogP contribution in [0.5, 0.6) is 0 Å². The first-order valence-electron chi connectivity index (χ1n) is 7.15. The molecule has 2 aromatic rings. The van der Waals surface area contributed by atoms with Crippen molar-refractivity contribution in [2.45, 2.75) is 39.2 Å². The molecule has 0 radical (unpaired) electrons. The molecule has 2 rings (SSSR count). The van der Waals surface area contributed by atoms with E-state index in [9.17, 15) is 0 Å². The minimum Gasteiger partial charge on any atom is -0.384 e. The molecule has 1 heterocycles. The fraction of sp³-hybridized carbons (Fsp3) is 0.375. The minimum atomic E-state index is 0.382. The van der Waals surface area contributed by atoms with Crippen LogP contribution in [0.15, 0.2) is 36.4 Å². The fourth-order valence-electron chi connectivity index (χ4n) is 2.09. The molecule has 1 unspecified atom stereocenters. The number of rotatable bonds is 6. The number of aromatic nitrogens is 2. The van der Waals surface area contributed by atoms with Crippen LogP contribution in [0.25, 0.3) is 11.4 Å². The number of hydrogen-bond acceptors (Lipinski definition) is 4. The van der Waals surface area contributed by atoms with E-state index in [2.05, 4.69) is 29.1 Å². The van der Waals surface area contributed by atoms with Gasteiger partial charge in [0, 0.05) is 17.7 Å². The lowest BCUT2D eigenvalue weighted by molar-refractivity contribution is 0.643. The van der Waals surface area contributed by atoms with Gasteiger partial charge in [0.2, 0.25) is 0 Å². The minimum absolute atomic E-state index is 0.382. The van der Waals surface area contributed by atoms with Gasteiger partial charge in [0.15, 0.2) is 5.82 Å². The van der Waals surface area contributed by atoms with Crippen LogP contribution in [0.3, 0.4) is 0 Å². The SMILES string of the molecule is CCCCC(C)Nc1cc(N)nc(-c2ccccc2)n1. The first kappa shape index (κ1) is 14.3. The van der Waals surface area contributed by atoms with E-state index >= 15 is 0 Å². The summed E-state index contributed by atoms with van der Waals surface area (Å²) in [5.41, 5.74) is 6.86. The molecule has 1 aromatic carbocycles. The van der Waals surface area contributed by atoms with Crippen LogP contribution >= 0.6 is 0 Å². The summed E-state index contributed by atoms with van der Waals surface area (Å²) in [7, 11) is 0. The fourth-order valence-corrected chi connectivity index (χ4v) is 2.09. The molecule has 0 aliphatic carbocycles. The quantitative estimate of drug-likeness (QED) is 0.839. The number of nitrogens with one attached hydrogen (secondary N) is 1. The molecule has 4 nitrogen and oxygen atoms in total. The average Bonchev–Trinajstić information content (AvgIpc) is 2.45. The smallest absolute Gasteiger partial charge is 0.163 e. The predicted molar refractivity (Wildman–Crippen MR) is 84.5 cm³/mol. The zero-order chi connectivity index (χ0) is 14.4. The van der Waals surface area contributed by atoms with Crippen LogP contribution < -0.4 is 11.1 Å². The lowest BCUT2D eigenvalue weighted by atomic mass is 10.1. The standard InChI is InChI=1S/C16H22N4/c1-3-4-8-12(2)18-15-11-14(17)19-16(20-15)13-9-6-5-7-10-13/h5-7,9-12H,3-4,8H2,1-2H3,(H3,17,18,19,20). The van der Waals surface area contributed by atoms with Gasteiger partial charge in [-0.05, 0) is 13.3 Å². The van der Waals surface area contributed by atoms with Crippen LogP contribution in [0.1, 0.15) is 33.1 Å². The Kier molecular flexibility index (Phi) is 4.93. The molecule has 0 aliphatic rings. The molecule has 1 aromatic heterocycles. The second kappa shape index (κ2) is 6.89. The maximum absolute atomic E-state index is 5.88. The lowest BCUT2D eigenvalue weighted by Crippen LogP contribution is -2.16. The normalized spacial score (nSPS) is 12.1. The monoisotopic (exact) mass is 270 g/mol. The van der Waals surface area contributed by atoms with Crippen molar-refractivity contribution in [3.05, 3.63) is 36.4 Å². The molecule has 0 fully saturated rings. The van der Waals surface area contributed by atoms with E-state index in [4.69, 9.17) is 5.73 Å². The molecule has 20 heavy (non-hydrogen) atoms. The van der Waals surface area contributed by atoms with Crippen molar-refractivity contribution < 1.29 is 0 Å². The average molecular weight is 270 g/mol. The second-order valence-electron chi connectivity index (χ2n) is 5.06. The molecule has 0 saturated heterocycles. The number of nitrogen functional groups attached to an aromatic ring is 1. The first-order chi connectivity index (χ1) is 9.69. The van der Waals surface area contributed by atoms with Gasteiger partial charge in [-0.25, -0.2) is 9.97 Å². The Labute approximate surface area is 120 Å². The summed E-state index contributed by atoms with van der Waals surface area (Å²) in [5.74, 6) is 1.94. The largest absolute Gasteiger partial charge is 0.384 e. The van der Waals surface area contributed by atoms with Crippen molar-refractivity contribution in [1.82, 2.24) is 9.97 Å². The van der Waals surface area contributed by atoms with Crippen LogP contribution in [-0.2, 0) is 0 Å². The number of unbranched alkanes of at least 4 members (excludes halogenated alkanes) is 1. The molecule has 1 atom stereocenters. The molecule has 0 aliphatic heterocycles. The zero-order valence-electron chi connectivity index (χ0n) is 12.1. The summed E-state index contributed by atoms with van der Waals surface area (Å²) in [6.45, 7) is 4.36. The Balaban J connectivity index is 2.17. The van der Waals surface area contributed by atoms with Crippen molar-refractivity contribution in [1.29, 1.82) is 0 Å². The summed E-state index contributed by atoms with van der Waals surface area (Å²) in [5, 5.41) is 3.40. The van der Waals surface area contributed by atoms with Gasteiger partial charge in [-0.3, -0.25) is 0 Å². The summed E-state index contributed by atoms with van der Waals surface area (Å²) >= 11 is 0. The highest BCUT2D eigenvalue weighted by Crippen LogP contribution is 2.19. The van der Waals surface area contributed by atoms with E-state index in [0.717, 1.165) is 17.8 Å². The number of hydrogen-bond donors (Lipinski definition) is 2. The molecule has 0 spiro atoms. The highest BCUT2D eigenvalue weighted by molar-refractivity contribution is 5.60. The maximum Gasteiger partial charge on any atom is 0.163 e. The highest BCUT2D eigenvalue weighted by atomic mass is 15.1. The molecular formula is C16H22N4.